The summed E-state index contributed by atoms with van der Waals surface area (Å²) >= 11 is 13.2. The van der Waals surface area contributed by atoms with Gasteiger partial charge in [-0.15, -0.1) is 11.8 Å². The molecule has 1 nitrogen and oxygen atoms in total. The van der Waals surface area contributed by atoms with Crippen molar-refractivity contribution in [2.45, 2.75) is 11.5 Å². The molecule has 0 spiro atoms. The van der Waals surface area contributed by atoms with Gasteiger partial charge in [0.25, 0.3) is 0 Å². The van der Waals surface area contributed by atoms with Gasteiger partial charge in [-0.05, 0) is 24.0 Å². The lowest BCUT2D eigenvalue weighted by Gasteiger charge is -2.05. The van der Waals surface area contributed by atoms with Crippen LogP contribution in [0.25, 0.3) is 0 Å². The zero-order valence-corrected chi connectivity index (χ0v) is 8.80. The molecule has 0 unspecified atom stereocenters. The molecule has 0 atom stereocenters. The molecule has 0 aliphatic carbocycles. The first-order valence-electron chi connectivity index (χ1n) is 3.31. The fourth-order valence-electron chi connectivity index (χ4n) is 0.849. The maximum absolute atomic E-state index is 8.89. The van der Waals surface area contributed by atoms with E-state index < -0.39 is 0 Å². The summed E-state index contributed by atoms with van der Waals surface area (Å²) in [6.07, 6.45) is 1.93. The average Bonchev–Trinajstić information content (AvgIpc) is 2.05. The number of thioether (sulfide) groups is 1. The number of rotatable bonds is 2. The Kier molecular flexibility index (Phi) is 3.72. The third kappa shape index (κ3) is 2.07. The second kappa shape index (κ2) is 4.38. The average molecular weight is 223 g/mol. The number of hydrogen-bond donors (Lipinski definition) is 1. The molecule has 0 saturated heterocycles. The zero-order chi connectivity index (χ0) is 9.14. The predicted molar refractivity (Wildman–Crippen MR) is 54.2 cm³/mol. The number of benzene rings is 1. The smallest absolute Gasteiger partial charge is 0.0696 e. The fraction of sp³-hybridized carbons (Fsp3) is 0.250. The molecule has 0 bridgehead atoms. The van der Waals surface area contributed by atoms with Crippen molar-refractivity contribution >= 4 is 35.0 Å². The van der Waals surface area contributed by atoms with E-state index in [1.54, 1.807) is 12.1 Å². The van der Waals surface area contributed by atoms with Gasteiger partial charge in [0.05, 0.1) is 11.6 Å². The Morgan fingerprint density at radius 2 is 2.00 bits per heavy atom. The van der Waals surface area contributed by atoms with Gasteiger partial charge in [0, 0.05) is 9.92 Å². The minimum absolute atomic E-state index is 0.0520. The van der Waals surface area contributed by atoms with E-state index in [4.69, 9.17) is 28.3 Å². The molecule has 0 aliphatic heterocycles. The summed E-state index contributed by atoms with van der Waals surface area (Å²) in [4.78, 5) is 0.935. The van der Waals surface area contributed by atoms with Crippen LogP contribution in [0.15, 0.2) is 17.0 Å². The number of hydrogen-bond acceptors (Lipinski definition) is 2. The number of aliphatic hydroxyl groups is 1. The van der Waals surface area contributed by atoms with E-state index in [-0.39, 0.29) is 6.61 Å². The quantitative estimate of drug-likeness (QED) is 0.777. The second-order valence-electron chi connectivity index (χ2n) is 2.24. The minimum atomic E-state index is -0.0520. The third-order valence-corrected chi connectivity index (χ3v) is 3.05. The van der Waals surface area contributed by atoms with Crippen molar-refractivity contribution in [1.29, 1.82) is 0 Å². The van der Waals surface area contributed by atoms with Gasteiger partial charge >= 0.3 is 0 Å². The minimum Gasteiger partial charge on any atom is -0.392 e. The highest BCUT2D eigenvalue weighted by molar-refractivity contribution is 7.98. The SMILES string of the molecule is CSc1cc(CO)c(Cl)cc1Cl. The summed E-state index contributed by atoms with van der Waals surface area (Å²) in [5.41, 5.74) is 0.713. The van der Waals surface area contributed by atoms with E-state index in [1.807, 2.05) is 6.26 Å². The Hall–Kier alpha value is 0.110. The van der Waals surface area contributed by atoms with Crippen LogP contribution in [0.1, 0.15) is 5.56 Å². The Balaban J connectivity index is 3.18. The largest absolute Gasteiger partial charge is 0.392 e. The molecule has 0 amide bonds. The molecule has 1 N–H and O–H groups in total. The van der Waals surface area contributed by atoms with Gasteiger partial charge in [-0.25, -0.2) is 0 Å². The number of aliphatic hydroxyl groups excluding tert-OH is 1. The first-order chi connectivity index (χ1) is 5.69. The van der Waals surface area contributed by atoms with E-state index in [1.165, 1.54) is 11.8 Å². The van der Waals surface area contributed by atoms with Crippen LogP contribution in [0, 0.1) is 0 Å². The molecule has 0 aliphatic rings. The molecular weight excluding hydrogens is 215 g/mol. The first kappa shape index (κ1) is 10.2. The summed E-state index contributed by atoms with van der Waals surface area (Å²) in [7, 11) is 0. The van der Waals surface area contributed by atoms with Crippen LogP contribution in [0.3, 0.4) is 0 Å². The topological polar surface area (TPSA) is 20.2 Å². The Morgan fingerprint density at radius 1 is 1.33 bits per heavy atom. The molecule has 66 valence electrons. The Labute approximate surface area is 85.7 Å². The zero-order valence-electron chi connectivity index (χ0n) is 6.47. The van der Waals surface area contributed by atoms with Crippen molar-refractivity contribution in [3.05, 3.63) is 27.7 Å². The normalized spacial score (nSPS) is 10.3. The van der Waals surface area contributed by atoms with E-state index in [0.29, 0.717) is 15.6 Å². The summed E-state index contributed by atoms with van der Waals surface area (Å²) in [6, 6.07) is 3.45. The van der Waals surface area contributed by atoms with Crippen LogP contribution in [0.5, 0.6) is 0 Å². The summed E-state index contributed by atoms with van der Waals surface area (Å²) in [5.74, 6) is 0. The van der Waals surface area contributed by atoms with Crippen molar-refractivity contribution in [2.24, 2.45) is 0 Å². The van der Waals surface area contributed by atoms with E-state index in [2.05, 4.69) is 0 Å². The second-order valence-corrected chi connectivity index (χ2v) is 3.90. The summed E-state index contributed by atoms with van der Waals surface area (Å²) < 4.78 is 0. The maximum atomic E-state index is 8.89. The molecular formula is C8H8Cl2OS. The van der Waals surface area contributed by atoms with Crippen molar-refractivity contribution in [2.75, 3.05) is 6.26 Å². The highest BCUT2D eigenvalue weighted by Crippen LogP contribution is 2.30. The van der Waals surface area contributed by atoms with Gasteiger partial charge in [-0.2, -0.15) is 0 Å². The van der Waals surface area contributed by atoms with E-state index >= 15 is 0 Å². The monoisotopic (exact) mass is 222 g/mol. The lowest BCUT2D eigenvalue weighted by molar-refractivity contribution is 0.281. The molecule has 0 heterocycles. The van der Waals surface area contributed by atoms with Crippen molar-refractivity contribution in [1.82, 2.24) is 0 Å². The van der Waals surface area contributed by atoms with Crippen LogP contribution < -0.4 is 0 Å². The standard InChI is InChI=1S/C8H8Cl2OS/c1-12-8-2-5(4-11)6(9)3-7(8)10/h2-3,11H,4H2,1H3. The van der Waals surface area contributed by atoms with Gasteiger partial charge in [-0.1, -0.05) is 23.2 Å². The van der Waals surface area contributed by atoms with Crippen LogP contribution in [-0.4, -0.2) is 11.4 Å². The molecule has 1 aromatic carbocycles. The highest BCUT2D eigenvalue weighted by Gasteiger charge is 2.05. The molecule has 4 heteroatoms. The van der Waals surface area contributed by atoms with Crippen LogP contribution in [0.2, 0.25) is 10.0 Å². The van der Waals surface area contributed by atoms with Crippen LogP contribution in [0.4, 0.5) is 0 Å². The molecule has 0 aromatic heterocycles. The van der Waals surface area contributed by atoms with E-state index in [0.717, 1.165) is 4.90 Å². The van der Waals surface area contributed by atoms with Crippen molar-refractivity contribution in [3.63, 3.8) is 0 Å². The first-order valence-corrected chi connectivity index (χ1v) is 5.30. The summed E-state index contributed by atoms with van der Waals surface area (Å²) in [5, 5.41) is 10.0. The van der Waals surface area contributed by atoms with Crippen LogP contribution in [-0.2, 0) is 6.61 Å². The molecule has 12 heavy (non-hydrogen) atoms. The molecule has 0 saturated carbocycles. The van der Waals surface area contributed by atoms with Gasteiger partial charge in [0.1, 0.15) is 0 Å². The molecule has 0 fully saturated rings. The Bertz CT molecular complexity index is 263. The lowest BCUT2D eigenvalue weighted by Crippen LogP contribution is -1.86. The maximum Gasteiger partial charge on any atom is 0.0696 e. The molecule has 0 radical (unpaired) electrons. The van der Waals surface area contributed by atoms with Gasteiger partial charge in [0.15, 0.2) is 0 Å². The fourth-order valence-corrected chi connectivity index (χ4v) is 2.04. The highest BCUT2D eigenvalue weighted by atomic mass is 35.5. The van der Waals surface area contributed by atoms with Gasteiger partial charge in [-0.3, -0.25) is 0 Å². The molecule has 1 aromatic rings. The summed E-state index contributed by atoms with van der Waals surface area (Å²) in [6.45, 7) is -0.0520. The van der Waals surface area contributed by atoms with Gasteiger partial charge < -0.3 is 5.11 Å². The van der Waals surface area contributed by atoms with Crippen molar-refractivity contribution in [3.8, 4) is 0 Å². The third-order valence-electron chi connectivity index (χ3n) is 1.49. The van der Waals surface area contributed by atoms with Gasteiger partial charge in [0.2, 0.25) is 0 Å². The van der Waals surface area contributed by atoms with E-state index in [9.17, 15) is 0 Å². The van der Waals surface area contributed by atoms with Crippen LogP contribution >= 0.6 is 35.0 Å². The van der Waals surface area contributed by atoms with Crippen molar-refractivity contribution < 1.29 is 5.11 Å². The lowest BCUT2D eigenvalue weighted by atomic mass is 10.2. The predicted octanol–water partition coefficient (Wildman–Crippen LogP) is 3.21. The molecule has 1 rings (SSSR count). The number of halogens is 2. The Morgan fingerprint density at radius 3 is 2.50 bits per heavy atom.